The zero-order valence-corrected chi connectivity index (χ0v) is 11.1. The van der Waals surface area contributed by atoms with Gasteiger partial charge in [0, 0.05) is 24.0 Å². The normalized spacial score (nSPS) is 15.7. The van der Waals surface area contributed by atoms with Crippen LogP contribution < -0.4 is 16.0 Å². The molecule has 1 aromatic heterocycles. The molecular formula is C13H21N3O2. The lowest BCUT2D eigenvalue weighted by Crippen LogP contribution is -2.45. The van der Waals surface area contributed by atoms with Gasteiger partial charge in [0.05, 0.1) is 0 Å². The first-order valence-electron chi connectivity index (χ1n) is 6.58. The minimum Gasteiger partial charge on any atom is -0.472 e. The molecule has 0 bridgehead atoms. The van der Waals surface area contributed by atoms with Gasteiger partial charge in [0.1, 0.15) is 6.61 Å². The topological polar surface area (TPSA) is 70.1 Å². The molecule has 1 fully saturated rings. The fourth-order valence-electron chi connectivity index (χ4n) is 1.81. The summed E-state index contributed by atoms with van der Waals surface area (Å²) in [5.74, 6) is 0.168. The van der Waals surface area contributed by atoms with E-state index in [9.17, 15) is 4.79 Å². The van der Waals surface area contributed by atoms with E-state index in [0.717, 1.165) is 25.7 Å². The van der Waals surface area contributed by atoms with Crippen LogP contribution in [0.2, 0.25) is 0 Å². The molecule has 5 heteroatoms. The van der Waals surface area contributed by atoms with E-state index < -0.39 is 0 Å². The lowest BCUT2D eigenvalue weighted by atomic mass is 9.96. The van der Waals surface area contributed by atoms with Gasteiger partial charge in [-0.3, -0.25) is 4.79 Å². The first-order valence-corrected chi connectivity index (χ1v) is 6.58. The van der Waals surface area contributed by atoms with Crippen molar-refractivity contribution in [3.8, 4) is 5.88 Å². The lowest BCUT2D eigenvalue weighted by Gasteiger charge is -2.25. The summed E-state index contributed by atoms with van der Waals surface area (Å²) < 4.78 is 7.24. The Balaban J connectivity index is 2.10. The molecule has 1 saturated carbocycles. The fraction of sp³-hybridized carbons (Fsp3) is 0.692. The minimum absolute atomic E-state index is 0.144. The molecular weight excluding hydrogens is 230 g/mol. The number of rotatable bonds is 6. The van der Waals surface area contributed by atoms with Crippen LogP contribution in [0.15, 0.2) is 17.2 Å². The Morgan fingerprint density at radius 2 is 2.17 bits per heavy atom. The molecule has 2 rings (SSSR count). The quantitative estimate of drug-likeness (QED) is 0.831. The number of nitrogens with zero attached hydrogens (tertiary/aromatic N) is 2. The number of aromatic nitrogens is 2. The van der Waals surface area contributed by atoms with Gasteiger partial charge in [-0.25, -0.2) is 4.98 Å². The zero-order chi connectivity index (χ0) is 13.2. The summed E-state index contributed by atoms with van der Waals surface area (Å²) in [6, 6.07) is 0.336. The summed E-state index contributed by atoms with van der Waals surface area (Å²) in [6.07, 6.45) is 7.09. The van der Waals surface area contributed by atoms with Crippen molar-refractivity contribution in [2.75, 3.05) is 6.61 Å². The van der Waals surface area contributed by atoms with E-state index >= 15 is 0 Å². The predicted octanol–water partition coefficient (Wildman–Crippen LogP) is 1.47. The molecule has 0 atom stereocenters. The summed E-state index contributed by atoms with van der Waals surface area (Å²) in [4.78, 5) is 16.1. The lowest BCUT2D eigenvalue weighted by molar-refractivity contribution is 0.197. The molecule has 0 spiro atoms. The molecule has 1 aliphatic carbocycles. The van der Waals surface area contributed by atoms with Gasteiger partial charge in [0.2, 0.25) is 0 Å². The van der Waals surface area contributed by atoms with Crippen molar-refractivity contribution in [1.82, 2.24) is 9.55 Å². The number of nitrogens with two attached hydrogens (primary N) is 1. The van der Waals surface area contributed by atoms with Crippen LogP contribution in [-0.4, -0.2) is 21.7 Å². The average Bonchev–Trinajstić information content (AvgIpc) is 3.21. The second-order valence-corrected chi connectivity index (χ2v) is 5.03. The van der Waals surface area contributed by atoms with Gasteiger partial charge >= 0.3 is 5.56 Å². The molecule has 0 amide bonds. The molecule has 1 heterocycles. The standard InChI is InChI=1S/C13H21N3O2/c1-3-13(14,4-2)9-18-11-12(17)16(8-7-15-11)10-5-6-10/h7-8,10H,3-6,9,14H2,1-2H3. The van der Waals surface area contributed by atoms with Gasteiger partial charge < -0.3 is 15.0 Å². The summed E-state index contributed by atoms with van der Waals surface area (Å²) in [5.41, 5.74) is 5.62. The summed E-state index contributed by atoms with van der Waals surface area (Å²) >= 11 is 0. The third kappa shape index (κ3) is 2.72. The summed E-state index contributed by atoms with van der Waals surface area (Å²) in [5, 5.41) is 0. The van der Waals surface area contributed by atoms with E-state index in [2.05, 4.69) is 4.98 Å². The number of ether oxygens (including phenoxy) is 1. The second-order valence-electron chi connectivity index (χ2n) is 5.03. The smallest absolute Gasteiger partial charge is 0.313 e. The van der Waals surface area contributed by atoms with Crippen molar-refractivity contribution < 1.29 is 4.74 Å². The Morgan fingerprint density at radius 3 is 2.72 bits per heavy atom. The van der Waals surface area contributed by atoms with Crippen LogP contribution in [0.25, 0.3) is 0 Å². The van der Waals surface area contributed by atoms with Crippen molar-refractivity contribution in [2.24, 2.45) is 5.73 Å². The molecule has 1 aromatic rings. The number of hydrogen-bond donors (Lipinski definition) is 1. The van der Waals surface area contributed by atoms with Crippen LogP contribution in [0.1, 0.15) is 45.6 Å². The molecule has 2 N–H and O–H groups in total. The Labute approximate surface area is 107 Å². The van der Waals surface area contributed by atoms with E-state index in [0.29, 0.717) is 12.6 Å². The molecule has 0 radical (unpaired) electrons. The van der Waals surface area contributed by atoms with Crippen LogP contribution in [0.3, 0.4) is 0 Å². The molecule has 0 aliphatic heterocycles. The van der Waals surface area contributed by atoms with Crippen LogP contribution in [0.4, 0.5) is 0 Å². The van der Waals surface area contributed by atoms with E-state index in [4.69, 9.17) is 10.5 Å². The van der Waals surface area contributed by atoms with Crippen LogP contribution in [0, 0.1) is 0 Å². The van der Waals surface area contributed by atoms with E-state index in [1.54, 1.807) is 17.0 Å². The molecule has 100 valence electrons. The largest absolute Gasteiger partial charge is 0.472 e. The van der Waals surface area contributed by atoms with Gasteiger partial charge in [0.25, 0.3) is 5.88 Å². The highest BCUT2D eigenvalue weighted by Gasteiger charge is 2.26. The van der Waals surface area contributed by atoms with E-state index in [-0.39, 0.29) is 17.0 Å². The monoisotopic (exact) mass is 251 g/mol. The van der Waals surface area contributed by atoms with E-state index in [1.165, 1.54) is 0 Å². The maximum absolute atomic E-state index is 12.1. The molecule has 0 unspecified atom stereocenters. The van der Waals surface area contributed by atoms with Crippen LogP contribution in [0.5, 0.6) is 5.88 Å². The van der Waals surface area contributed by atoms with E-state index in [1.807, 2.05) is 13.8 Å². The highest BCUT2D eigenvalue weighted by Crippen LogP contribution is 2.33. The third-order valence-corrected chi connectivity index (χ3v) is 3.68. The minimum atomic E-state index is -0.381. The molecule has 0 saturated heterocycles. The second kappa shape index (κ2) is 5.10. The highest BCUT2D eigenvalue weighted by atomic mass is 16.5. The van der Waals surface area contributed by atoms with Crippen LogP contribution >= 0.6 is 0 Å². The molecule has 0 aromatic carbocycles. The SMILES string of the molecule is CCC(N)(CC)COc1nccn(C2CC2)c1=O. The molecule has 18 heavy (non-hydrogen) atoms. The van der Waals surface area contributed by atoms with Crippen molar-refractivity contribution >= 4 is 0 Å². The Morgan fingerprint density at radius 1 is 1.50 bits per heavy atom. The Hall–Kier alpha value is -1.36. The predicted molar refractivity (Wildman–Crippen MR) is 69.8 cm³/mol. The number of hydrogen-bond acceptors (Lipinski definition) is 4. The van der Waals surface area contributed by atoms with Crippen molar-refractivity contribution in [2.45, 2.75) is 51.1 Å². The van der Waals surface area contributed by atoms with Gasteiger partial charge in [-0.05, 0) is 25.7 Å². The summed E-state index contributed by atoms with van der Waals surface area (Å²) in [6.45, 7) is 4.37. The van der Waals surface area contributed by atoms with Gasteiger partial charge in [0.15, 0.2) is 0 Å². The van der Waals surface area contributed by atoms with Crippen molar-refractivity contribution in [3.05, 3.63) is 22.7 Å². The van der Waals surface area contributed by atoms with Gasteiger partial charge in [-0.2, -0.15) is 0 Å². The van der Waals surface area contributed by atoms with Gasteiger partial charge in [-0.1, -0.05) is 13.8 Å². The third-order valence-electron chi connectivity index (χ3n) is 3.68. The highest BCUT2D eigenvalue weighted by molar-refractivity contribution is 5.07. The van der Waals surface area contributed by atoms with Crippen molar-refractivity contribution in [1.29, 1.82) is 0 Å². The Kier molecular flexibility index (Phi) is 3.71. The first-order chi connectivity index (χ1) is 8.59. The van der Waals surface area contributed by atoms with Crippen molar-refractivity contribution in [3.63, 3.8) is 0 Å². The summed E-state index contributed by atoms with van der Waals surface area (Å²) in [7, 11) is 0. The van der Waals surface area contributed by atoms with Gasteiger partial charge in [-0.15, -0.1) is 0 Å². The Bertz CT molecular complexity index is 462. The maximum Gasteiger partial charge on any atom is 0.313 e. The fourth-order valence-corrected chi connectivity index (χ4v) is 1.81. The maximum atomic E-state index is 12.1. The zero-order valence-electron chi connectivity index (χ0n) is 11.1. The first kappa shape index (κ1) is 13.1. The molecule has 5 nitrogen and oxygen atoms in total. The van der Waals surface area contributed by atoms with Crippen LogP contribution in [-0.2, 0) is 0 Å². The molecule has 1 aliphatic rings. The average molecular weight is 251 g/mol.